The molecule has 7 heteroatoms. The number of nitrogens with one attached hydrogen (secondary N) is 2. The molecular weight excluding hydrogens is 360 g/mol. The van der Waals surface area contributed by atoms with Crippen molar-refractivity contribution in [3.63, 3.8) is 0 Å². The zero-order valence-corrected chi connectivity index (χ0v) is 15.6. The van der Waals surface area contributed by atoms with Crippen molar-refractivity contribution in [1.82, 2.24) is 14.9 Å². The number of hydrogen-bond donors (Lipinski definition) is 2. The molecule has 0 radical (unpaired) electrons. The number of carbonyl (C=O) groups is 2. The fraction of sp³-hybridized carbons (Fsp3) is 0.350. The molecule has 2 amide bonds. The number of rotatable bonds is 4. The minimum Gasteiger partial charge on any atom is -0.340 e. The number of para-hydroxylation sites is 2. The van der Waals surface area contributed by atoms with E-state index in [1.807, 2.05) is 41.3 Å². The van der Waals surface area contributed by atoms with Gasteiger partial charge in [-0.15, -0.1) is 11.3 Å². The first-order valence-corrected chi connectivity index (χ1v) is 10.2. The predicted octanol–water partition coefficient (Wildman–Crippen LogP) is 3.95. The molecule has 1 unspecified atom stereocenters. The van der Waals surface area contributed by atoms with Gasteiger partial charge in [-0.3, -0.25) is 9.59 Å². The van der Waals surface area contributed by atoms with Crippen molar-refractivity contribution in [1.29, 1.82) is 0 Å². The molecule has 27 heavy (non-hydrogen) atoms. The van der Waals surface area contributed by atoms with E-state index in [0.717, 1.165) is 54.1 Å². The van der Waals surface area contributed by atoms with Crippen LogP contribution < -0.4 is 5.32 Å². The molecule has 2 aromatic heterocycles. The predicted molar refractivity (Wildman–Crippen MR) is 105 cm³/mol. The summed E-state index contributed by atoms with van der Waals surface area (Å²) >= 11 is 1.35. The van der Waals surface area contributed by atoms with E-state index in [1.54, 1.807) is 0 Å². The first-order chi connectivity index (χ1) is 13.2. The number of anilines is 1. The minimum atomic E-state index is -0.0310. The third-order valence-electron chi connectivity index (χ3n) is 5.25. The smallest absolute Gasteiger partial charge is 0.264 e. The molecule has 1 atom stereocenters. The molecule has 6 nitrogen and oxygen atoms in total. The van der Waals surface area contributed by atoms with Crippen LogP contribution in [-0.2, 0) is 4.79 Å². The topological polar surface area (TPSA) is 78.1 Å². The van der Waals surface area contributed by atoms with E-state index in [0.29, 0.717) is 4.88 Å². The van der Waals surface area contributed by atoms with Gasteiger partial charge in [-0.05, 0) is 49.9 Å². The van der Waals surface area contributed by atoms with Crippen LogP contribution >= 0.6 is 11.3 Å². The Balaban J connectivity index is 1.35. The second kappa shape index (κ2) is 6.49. The molecular formula is C20H20N4O2S. The molecule has 0 spiro atoms. The molecule has 3 aromatic rings. The second-order valence-electron chi connectivity index (χ2n) is 7.22. The number of likely N-dealkylation sites (tertiary alicyclic amines) is 1. The zero-order valence-electron chi connectivity index (χ0n) is 14.8. The van der Waals surface area contributed by atoms with Gasteiger partial charge >= 0.3 is 0 Å². The SMILES string of the molecule is O=C(Nc1ccc(C(=O)N2CCCC2c2nc3ccccc3[nH]2)s1)C1CC1. The third kappa shape index (κ3) is 3.12. The lowest BCUT2D eigenvalue weighted by molar-refractivity contribution is -0.117. The number of carbonyl (C=O) groups excluding carboxylic acids is 2. The Morgan fingerprint density at radius 2 is 2.00 bits per heavy atom. The van der Waals surface area contributed by atoms with Crippen LogP contribution in [0.5, 0.6) is 0 Å². The molecule has 3 heterocycles. The number of aromatic nitrogens is 2. The molecule has 1 saturated heterocycles. The quantitative estimate of drug-likeness (QED) is 0.719. The van der Waals surface area contributed by atoms with E-state index in [1.165, 1.54) is 11.3 Å². The van der Waals surface area contributed by atoms with Crippen LogP contribution in [0.4, 0.5) is 5.00 Å². The van der Waals surface area contributed by atoms with Crippen LogP contribution in [-0.4, -0.2) is 33.2 Å². The Morgan fingerprint density at radius 1 is 1.15 bits per heavy atom. The Kier molecular flexibility index (Phi) is 3.97. The molecule has 2 aliphatic rings. The highest BCUT2D eigenvalue weighted by Crippen LogP contribution is 2.35. The maximum atomic E-state index is 13.1. The molecule has 5 rings (SSSR count). The van der Waals surface area contributed by atoms with Gasteiger partial charge in [0.05, 0.1) is 27.0 Å². The van der Waals surface area contributed by atoms with Crippen LogP contribution in [0.2, 0.25) is 0 Å². The van der Waals surface area contributed by atoms with Crippen LogP contribution in [0.1, 0.15) is 47.2 Å². The maximum Gasteiger partial charge on any atom is 0.264 e. The summed E-state index contributed by atoms with van der Waals surface area (Å²) in [6.45, 7) is 0.724. The van der Waals surface area contributed by atoms with Gasteiger partial charge in [0.15, 0.2) is 0 Å². The summed E-state index contributed by atoms with van der Waals surface area (Å²) in [7, 11) is 0. The van der Waals surface area contributed by atoms with Crippen LogP contribution in [0.3, 0.4) is 0 Å². The van der Waals surface area contributed by atoms with Crippen LogP contribution in [0.25, 0.3) is 11.0 Å². The zero-order chi connectivity index (χ0) is 18.4. The largest absolute Gasteiger partial charge is 0.340 e. The Labute approximate surface area is 160 Å². The van der Waals surface area contributed by atoms with Crippen molar-refractivity contribution in [3.8, 4) is 0 Å². The number of H-pyrrole nitrogens is 1. The van der Waals surface area contributed by atoms with Crippen molar-refractivity contribution in [2.45, 2.75) is 31.7 Å². The minimum absolute atomic E-state index is 0.00915. The first kappa shape index (κ1) is 16.5. The molecule has 1 aliphatic heterocycles. The monoisotopic (exact) mass is 380 g/mol. The summed E-state index contributed by atoms with van der Waals surface area (Å²) in [4.78, 5) is 35.6. The highest BCUT2D eigenvalue weighted by Gasteiger charge is 2.34. The molecule has 1 aromatic carbocycles. The number of aromatic amines is 1. The second-order valence-corrected chi connectivity index (χ2v) is 8.31. The van der Waals surface area contributed by atoms with Gasteiger partial charge in [-0.2, -0.15) is 0 Å². The van der Waals surface area contributed by atoms with E-state index in [-0.39, 0.29) is 23.8 Å². The molecule has 1 aliphatic carbocycles. The van der Waals surface area contributed by atoms with E-state index in [2.05, 4.69) is 15.3 Å². The maximum absolute atomic E-state index is 13.1. The van der Waals surface area contributed by atoms with Crippen molar-refractivity contribution >= 4 is 39.2 Å². The van der Waals surface area contributed by atoms with Crippen molar-refractivity contribution in [2.75, 3.05) is 11.9 Å². The first-order valence-electron chi connectivity index (χ1n) is 9.35. The van der Waals surface area contributed by atoms with Crippen molar-refractivity contribution < 1.29 is 9.59 Å². The summed E-state index contributed by atoms with van der Waals surface area (Å²) in [5.41, 5.74) is 1.92. The van der Waals surface area contributed by atoms with Crippen molar-refractivity contribution in [2.24, 2.45) is 5.92 Å². The Morgan fingerprint density at radius 3 is 2.81 bits per heavy atom. The fourth-order valence-electron chi connectivity index (χ4n) is 3.65. The fourth-order valence-corrected chi connectivity index (χ4v) is 4.52. The highest BCUT2D eigenvalue weighted by atomic mass is 32.1. The Hall–Kier alpha value is -2.67. The number of imidazole rings is 1. The lowest BCUT2D eigenvalue weighted by Crippen LogP contribution is -2.30. The van der Waals surface area contributed by atoms with E-state index in [9.17, 15) is 9.59 Å². The number of benzene rings is 1. The normalized spacial score (nSPS) is 19.6. The summed E-state index contributed by atoms with van der Waals surface area (Å²) in [6.07, 6.45) is 3.80. The van der Waals surface area contributed by atoms with Crippen LogP contribution in [0.15, 0.2) is 36.4 Å². The van der Waals surface area contributed by atoms with Crippen molar-refractivity contribution in [3.05, 3.63) is 47.1 Å². The van der Waals surface area contributed by atoms with Gasteiger partial charge in [0.2, 0.25) is 5.91 Å². The third-order valence-corrected chi connectivity index (χ3v) is 6.24. The van der Waals surface area contributed by atoms with E-state index < -0.39 is 0 Å². The lowest BCUT2D eigenvalue weighted by Gasteiger charge is -2.22. The van der Waals surface area contributed by atoms with Gasteiger partial charge < -0.3 is 15.2 Å². The summed E-state index contributed by atoms with van der Waals surface area (Å²) in [5.74, 6) is 1.08. The average molecular weight is 380 g/mol. The summed E-state index contributed by atoms with van der Waals surface area (Å²) in [6, 6.07) is 11.5. The van der Waals surface area contributed by atoms with Gasteiger partial charge in [0.25, 0.3) is 5.91 Å². The molecule has 1 saturated carbocycles. The lowest BCUT2D eigenvalue weighted by atomic mass is 10.2. The number of nitrogens with zero attached hydrogens (tertiary/aromatic N) is 2. The average Bonchev–Trinajstić information content (AvgIpc) is 3.09. The number of fused-ring (bicyclic) bond motifs is 1. The van der Waals surface area contributed by atoms with Crippen LogP contribution in [0, 0.1) is 5.92 Å². The highest BCUT2D eigenvalue weighted by molar-refractivity contribution is 7.18. The number of hydrogen-bond acceptors (Lipinski definition) is 4. The van der Waals surface area contributed by atoms with Gasteiger partial charge in [0.1, 0.15) is 5.82 Å². The van der Waals surface area contributed by atoms with E-state index >= 15 is 0 Å². The van der Waals surface area contributed by atoms with Gasteiger partial charge in [0, 0.05) is 12.5 Å². The molecule has 0 bridgehead atoms. The molecule has 2 N–H and O–H groups in total. The number of amides is 2. The molecule has 2 fully saturated rings. The Bertz CT molecular complexity index is 987. The van der Waals surface area contributed by atoms with Gasteiger partial charge in [-0.25, -0.2) is 4.98 Å². The summed E-state index contributed by atoms with van der Waals surface area (Å²) in [5, 5.41) is 3.67. The molecule has 138 valence electrons. The summed E-state index contributed by atoms with van der Waals surface area (Å²) < 4.78 is 0. The van der Waals surface area contributed by atoms with Gasteiger partial charge in [-0.1, -0.05) is 12.1 Å². The standard InChI is InChI=1S/C20H20N4O2S/c25-19(12-7-8-12)23-17-10-9-16(27-17)20(26)24-11-3-6-15(24)18-21-13-4-1-2-5-14(13)22-18/h1-2,4-5,9-10,12,15H,3,6-8,11H2,(H,21,22)(H,23,25). The van der Waals surface area contributed by atoms with E-state index in [4.69, 9.17) is 0 Å². The number of thiophene rings is 1.